The number of aromatic nitrogens is 4. The average molecular weight is 407 g/mol. The standard InChI is InChI=1S/C21H18FN5O3/c1-29-17-9-5-14(11-18(17)30-2)21(28)23-12-20-25-24-19-10-8-16(26-27(19)20)13-3-6-15(22)7-4-13/h3-11H,12H2,1-2H3,(H,23,28). The zero-order valence-electron chi connectivity index (χ0n) is 16.3. The largest absolute Gasteiger partial charge is 0.493 e. The maximum Gasteiger partial charge on any atom is 0.251 e. The van der Waals surface area contributed by atoms with Crippen LogP contribution in [0.25, 0.3) is 16.9 Å². The van der Waals surface area contributed by atoms with Crippen LogP contribution in [0.1, 0.15) is 16.2 Å². The molecule has 0 unspecified atom stereocenters. The van der Waals surface area contributed by atoms with Crippen molar-refractivity contribution in [3.63, 3.8) is 0 Å². The molecular formula is C21H18FN5O3. The predicted molar refractivity (Wildman–Crippen MR) is 107 cm³/mol. The van der Waals surface area contributed by atoms with E-state index in [0.29, 0.717) is 34.2 Å². The number of hydrogen-bond donors (Lipinski definition) is 1. The first-order valence-electron chi connectivity index (χ1n) is 9.06. The summed E-state index contributed by atoms with van der Waals surface area (Å²) < 4.78 is 25.1. The Hall–Kier alpha value is -4.01. The van der Waals surface area contributed by atoms with Crippen molar-refractivity contribution in [1.82, 2.24) is 25.1 Å². The van der Waals surface area contributed by atoms with Gasteiger partial charge in [-0.2, -0.15) is 9.61 Å². The second-order valence-electron chi connectivity index (χ2n) is 6.36. The molecule has 1 N–H and O–H groups in total. The lowest BCUT2D eigenvalue weighted by Gasteiger charge is -2.09. The molecule has 1 amide bonds. The van der Waals surface area contributed by atoms with Crippen molar-refractivity contribution < 1.29 is 18.7 Å². The molecular weight excluding hydrogens is 389 g/mol. The molecule has 2 aromatic heterocycles. The lowest BCUT2D eigenvalue weighted by Crippen LogP contribution is -2.24. The van der Waals surface area contributed by atoms with Gasteiger partial charge >= 0.3 is 0 Å². The van der Waals surface area contributed by atoms with Crippen LogP contribution in [0, 0.1) is 5.82 Å². The second-order valence-corrected chi connectivity index (χ2v) is 6.36. The Morgan fingerprint density at radius 1 is 1.00 bits per heavy atom. The summed E-state index contributed by atoms with van der Waals surface area (Å²) in [7, 11) is 3.04. The monoisotopic (exact) mass is 407 g/mol. The molecule has 0 saturated carbocycles. The Morgan fingerprint density at radius 2 is 1.77 bits per heavy atom. The van der Waals surface area contributed by atoms with E-state index >= 15 is 0 Å². The molecule has 4 aromatic rings. The molecule has 0 aliphatic carbocycles. The van der Waals surface area contributed by atoms with Crippen molar-refractivity contribution in [2.75, 3.05) is 14.2 Å². The summed E-state index contributed by atoms with van der Waals surface area (Å²) in [6, 6.07) is 14.5. The molecule has 0 aliphatic heterocycles. The Balaban J connectivity index is 1.54. The highest BCUT2D eigenvalue weighted by atomic mass is 19.1. The van der Waals surface area contributed by atoms with Crippen molar-refractivity contribution in [2.45, 2.75) is 6.54 Å². The van der Waals surface area contributed by atoms with Gasteiger partial charge in [-0.25, -0.2) is 4.39 Å². The topological polar surface area (TPSA) is 90.6 Å². The second kappa shape index (κ2) is 8.16. The maximum absolute atomic E-state index is 13.2. The average Bonchev–Trinajstić information content (AvgIpc) is 3.19. The van der Waals surface area contributed by atoms with Gasteiger partial charge < -0.3 is 14.8 Å². The van der Waals surface area contributed by atoms with E-state index in [2.05, 4.69) is 20.6 Å². The number of ether oxygens (including phenoxy) is 2. The van der Waals surface area contributed by atoms with Gasteiger partial charge in [0.25, 0.3) is 5.91 Å². The van der Waals surface area contributed by atoms with Gasteiger partial charge in [0.15, 0.2) is 23.0 Å². The number of amides is 1. The number of benzene rings is 2. The van der Waals surface area contributed by atoms with Crippen LogP contribution in [0.3, 0.4) is 0 Å². The van der Waals surface area contributed by atoms with Crippen LogP contribution in [0.15, 0.2) is 54.6 Å². The normalized spacial score (nSPS) is 10.8. The van der Waals surface area contributed by atoms with Gasteiger partial charge in [0.1, 0.15) is 5.82 Å². The summed E-state index contributed by atoms with van der Waals surface area (Å²) in [6.07, 6.45) is 0. The lowest BCUT2D eigenvalue weighted by atomic mass is 10.1. The zero-order chi connectivity index (χ0) is 21.1. The summed E-state index contributed by atoms with van der Waals surface area (Å²) >= 11 is 0. The first kappa shape index (κ1) is 19.3. The van der Waals surface area contributed by atoms with Gasteiger partial charge in [-0.3, -0.25) is 4.79 Å². The van der Waals surface area contributed by atoms with Crippen LogP contribution in [0.2, 0.25) is 0 Å². The van der Waals surface area contributed by atoms with E-state index in [4.69, 9.17) is 9.47 Å². The van der Waals surface area contributed by atoms with Crippen LogP contribution in [0.4, 0.5) is 4.39 Å². The molecule has 0 fully saturated rings. The molecule has 30 heavy (non-hydrogen) atoms. The highest BCUT2D eigenvalue weighted by Crippen LogP contribution is 2.27. The Morgan fingerprint density at radius 3 is 2.50 bits per heavy atom. The highest BCUT2D eigenvalue weighted by Gasteiger charge is 2.13. The number of nitrogens with one attached hydrogen (secondary N) is 1. The minimum absolute atomic E-state index is 0.119. The van der Waals surface area contributed by atoms with E-state index in [-0.39, 0.29) is 18.3 Å². The fourth-order valence-electron chi connectivity index (χ4n) is 2.96. The molecule has 0 saturated heterocycles. The van der Waals surface area contributed by atoms with E-state index in [9.17, 15) is 9.18 Å². The van der Waals surface area contributed by atoms with E-state index in [1.54, 1.807) is 47.0 Å². The molecule has 0 radical (unpaired) electrons. The van der Waals surface area contributed by atoms with E-state index in [0.717, 1.165) is 5.56 Å². The molecule has 4 rings (SSSR count). The van der Waals surface area contributed by atoms with Crippen molar-refractivity contribution in [3.05, 3.63) is 71.8 Å². The molecule has 0 spiro atoms. The Kier molecular flexibility index (Phi) is 5.25. The molecule has 0 bridgehead atoms. The number of fused-ring (bicyclic) bond motifs is 1. The third-order valence-electron chi connectivity index (χ3n) is 4.52. The van der Waals surface area contributed by atoms with Gasteiger partial charge in [0.2, 0.25) is 0 Å². The predicted octanol–water partition coefficient (Wildman–Crippen LogP) is 2.88. The Labute approximate surface area is 171 Å². The molecule has 8 nitrogen and oxygen atoms in total. The van der Waals surface area contributed by atoms with Crippen molar-refractivity contribution in [2.24, 2.45) is 0 Å². The summed E-state index contributed by atoms with van der Waals surface area (Å²) in [4.78, 5) is 12.5. The summed E-state index contributed by atoms with van der Waals surface area (Å²) in [5, 5.41) is 15.5. The number of carbonyl (C=O) groups excluding carboxylic acids is 1. The molecule has 152 valence electrons. The molecule has 2 aromatic carbocycles. The molecule has 2 heterocycles. The quantitative estimate of drug-likeness (QED) is 0.529. The minimum Gasteiger partial charge on any atom is -0.493 e. The summed E-state index contributed by atoms with van der Waals surface area (Å²) in [5.74, 6) is 0.839. The van der Waals surface area contributed by atoms with Crippen LogP contribution in [-0.2, 0) is 6.54 Å². The van der Waals surface area contributed by atoms with E-state index in [1.165, 1.54) is 26.4 Å². The van der Waals surface area contributed by atoms with Crippen LogP contribution in [0.5, 0.6) is 11.5 Å². The first-order chi connectivity index (χ1) is 14.6. The molecule has 0 aliphatic rings. The van der Waals surface area contributed by atoms with Gasteiger partial charge in [-0.1, -0.05) is 0 Å². The maximum atomic E-state index is 13.2. The number of hydrogen-bond acceptors (Lipinski definition) is 6. The number of carbonyl (C=O) groups is 1. The van der Waals surface area contributed by atoms with Crippen LogP contribution in [-0.4, -0.2) is 39.9 Å². The van der Waals surface area contributed by atoms with Gasteiger partial charge in [-0.15, -0.1) is 10.2 Å². The minimum atomic E-state index is -0.317. The van der Waals surface area contributed by atoms with E-state index in [1.807, 2.05) is 0 Å². The Bertz CT molecular complexity index is 1210. The highest BCUT2D eigenvalue weighted by molar-refractivity contribution is 5.94. The van der Waals surface area contributed by atoms with Crippen molar-refractivity contribution in [1.29, 1.82) is 0 Å². The number of halogens is 1. The first-order valence-corrected chi connectivity index (χ1v) is 9.06. The van der Waals surface area contributed by atoms with Gasteiger partial charge in [-0.05, 0) is 54.6 Å². The fraction of sp³-hybridized carbons (Fsp3) is 0.143. The zero-order valence-corrected chi connectivity index (χ0v) is 16.3. The lowest BCUT2D eigenvalue weighted by molar-refractivity contribution is 0.0949. The van der Waals surface area contributed by atoms with Crippen LogP contribution < -0.4 is 14.8 Å². The summed E-state index contributed by atoms with van der Waals surface area (Å²) in [6.45, 7) is 0.119. The molecule has 9 heteroatoms. The fourth-order valence-corrected chi connectivity index (χ4v) is 2.96. The number of nitrogens with zero attached hydrogens (tertiary/aromatic N) is 4. The third kappa shape index (κ3) is 3.77. The number of rotatable bonds is 6. The van der Waals surface area contributed by atoms with Gasteiger partial charge in [0.05, 0.1) is 26.5 Å². The number of methoxy groups -OCH3 is 2. The van der Waals surface area contributed by atoms with E-state index < -0.39 is 0 Å². The molecule has 0 atom stereocenters. The smallest absolute Gasteiger partial charge is 0.251 e. The van der Waals surface area contributed by atoms with Crippen molar-refractivity contribution >= 4 is 11.6 Å². The van der Waals surface area contributed by atoms with Crippen LogP contribution >= 0.6 is 0 Å². The van der Waals surface area contributed by atoms with Crippen molar-refractivity contribution in [3.8, 4) is 22.8 Å². The summed E-state index contributed by atoms with van der Waals surface area (Å²) in [5.41, 5.74) is 2.35. The third-order valence-corrected chi connectivity index (χ3v) is 4.52. The SMILES string of the molecule is COc1ccc(C(=O)NCc2nnc3ccc(-c4ccc(F)cc4)nn23)cc1OC. The van der Waals surface area contributed by atoms with Gasteiger partial charge in [0, 0.05) is 11.1 Å².